The van der Waals surface area contributed by atoms with Gasteiger partial charge in [-0.3, -0.25) is 4.90 Å². The molecule has 0 aromatic heterocycles. The molecule has 0 bridgehead atoms. The molecule has 2 rings (SSSR count). The van der Waals surface area contributed by atoms with E-state index in [0.717, 1.165) is 35.8 Å². The van der Waals surface area contributed by atoms with E-state index >= 15 is 0 Å². The van der Waals surface area contributed by atoms with Crippen molar-refractivity contribution in [2.75, 3.05) is 27.0 Å². The summed E-state index contributed by atoms with van der Waals surface area (Å²) in [5.74, 6) is 1.67. The van der Waals surface area contributed by atoms with Gasteiger partial charge in [0.25, 0.3) is 0 Å². The minimum Gasteiger partial charge on any atom is -0.497 e. The smallest absolute Gasteiger partial charge is 0.121 e. The van der Waals surface area contributed by atoms with Crippen LogP contribution < -0.4 is 15.2 Å². The summed E-state index contributed by atoms with van der Waals surface area (Å²) >= 11 is 0. The van der Waals surface area contributed by atoms with Crippen LogP contribution in [0.5, 0.6) is 11.5 Å². The van der Waals surface area contributed by atoms with Gasteiger partial charge >= 0.3 is 0 Å². The Morgan fingerprint density at radius 1 is 0.905 bits per heavy atom. The quantitative estimate of drug-likeness (QED) is 0.829. The molecule has 2 N–H and O–H groups in total. The van der Waals surface area contributed by atoms with Gasteiger partial charge in [0.2, 0.25) is 0 Å². The molecule has 112 valence electrons. The van der Waals surface area contributed by atoms with E-state index in [2.05, 4.69) is 24.1 Å². The van der Waals surface area contributed by atoms with E-state index in [1.54, 1.807) is 14.2 Å². The van der Waals surface area contributed by atoms with Crippen molar-refractivity contribution in [1.29, 1.82) is 0 Å². The van der Waals surface area contributed by atoms with Crippen LogP contribution in [-0.2, 0) is 13.1 Å². The van der Waals surface area contributed by atoms with Crippen molar-refractivity contribution in [3.05, 3.63) is 53.6 Å². The molecule has 0 spiro atoms. The second-order valence-electron chi connectivity index (χ2n) is 5.14. The van der Waals surface area contributed by atoms with E-state index in [1.807, 2.05) is 30.3 Å². The first-order valence-corrected chi connectivity index (χ1v) is 6.85. The summed E-state index contributed by atoms with van der Waals surface area (Å²) in [5.41, 5.74) is 8.96. The second kappa shape index (κ2) is 6.99. The largest absolute Gasteiger partial charge is 0.497 e. The van der Waals surface area contributed by atoms with Gasteiger partial charge in [0.15, 0.2) is 0 Å². The summed E-state index contributed by atoms with van der Waals surface area (Å²) in [6.45, 7) is 1.65. The van der Waals surface area contributed by atoms with E-state index in [0.29, 0.717) is 0 Å². The van der Waals surface area contributed by atoms with Crippen LogP contribution in [0.25, 0.3) is 0 Å². The summed E-state index contributed by atoms with van der Waals surface area (Å²) in [6, 6.07) is 13.9. The standard InChI is InChI=1S/C17H22N2O2/c1-19(11-13-5-4-6-16(8-13)20-2)12-14-7-15(18)10-17(9-14)21-3/h4-10H,11-12,18H2,1-3H3. The van der Waals surface area contributed by atoms with Crippen LogP contribution in [0.4, 0.5) is 5.69 Å². The maximum Gasteiger partial charge on any atom is 0.121 e. The van der Waals surface area contributed by atoms with Crippen LogP contribution in [-0.4, -0.2) is 26.2 Å². The van der Waals surface area contributed by atoms with Crippen molar-refractivity contribution in [2.24, 2.45) is 0 Å². The molecule has 21 heavy (non-hydrogen) atoms. The van der Waals surface area contributed by atoms with Crippen LogP contribution >= 0.6 is 0 Å². The minimum absolute atomic E-state index is 0.721. The Hall–Kier alpha value is -2.20. The summed E-state index contributed by atoms with van der Waals surface area (Å²) in [7, 11) is 5.41. The number of nitrogen functional groups attached to an aromatic ring is 1. The predicted molar refractivity (Wildman–Crippen MR) is 85.6 cm³/mol. The molecule has 4 nitrogen and oxygen atoms in total. The van der Waals surface area contributed by atoms with E-state index in [1.165, 1.54) is 5.56 Å². The zero-order chi connectivity index (χ0) is 15.2. The van der Waals surface area contributed by atoms with Gasteiger partial charge in [-0.25, -0.2) is 0 Å². The van der Waals surface area contributed by atoms with Crippen LogP contribution in [0.1, 0.15) is 11.1 Å². The van der Waals surface area contributed by atoms with Crippen LogP contribution in [0.2, 0.25) is 0 Å². The highest BCUT2D eigenvalue weighted by molar-refractivity contribution is 5.47. The lowest BCUT2D eigenvalue weighted by atomic mass is 10.1. The molecule has 0 amide bonds. The zero-order valence-corrected chi connectivity index (χ0v) is 12.8. The van der Waals surface area contributed by atoms with E-state index in [-0.39, 0.29) is 0 Å². The number of nitrogens with zero attached hydrogens (tertiary/aromatic N) is 1. The summed E-state index contributed by atoms with van der Waals surface area (Å²) < 4.78 is 10.5. The first-order chi connectivity index (χ1) is 10.1. The van der Waals surface area contributed by atoms with Gasteiger partial charge < -0.3 is 15.2 Å². The van der Waals surface area contributed by atoms with Crippen molar-refractivity contribution in [2.45, 2.75) is 13.1 Å². The Morgan fingerprint density at radius 3 is 2.29 bits per heavy atom. The number of rotatable bonds is 6. The SMILES string of the molecule is COc1cccc(CN(C)Cc2cc(N)cc(OC)c2)c1. The molecular weight excluding hydrogens is 264 g/mol. The first kappa shape index (κ1) is 15.2. The topological polar surface area (TPSA) is 47.7 Å². The Balaban J connectivity index is 2.04. The van der Waals surface area contributed by atoms with Gasteiger partial charge in [0, 0.05) is 24.8 Å². The van der Waals surface area contributed by atoms with Crippen molar-refractivity contribution in [1.82, 2.24) is 4.90 Å². The monoisotopic (exact) mass is 286 g/mol. The number of hydrogen-bond acceptors (Lipinski definition) is 4. The lowest BCUT2D eigenvalue weighted by molar-refractivity contribution is 0.317. The molecule has 2 aromatic rings. The minimum atomic E-state index is 0.721. The van der Waals surface area contributed by atoms with Crippen molar-refractivity contribution < 1.29 is 9.47 Å². The molecule has 0 unspecified atom stereocenters. The van der Waals surface area contributed by atoms with Gasteiger partial charge in [-0.1, -0.05) is 12.1 Å². The summed E-state index contributed by atoms with van der Waals surface area (Å²) in [5, 5.41) is 0. The molecule has 0 aliphatic heterocycles. The summed E-state index contributed by atoms with van der Waals surface area (Å²) in [4.78, 5) is 2.23. The Bertz CT molecular complexity index is 599. The fraction of sp³-hybridized carbons (Fsp3) is 0.294. The number of benzene rings is 2. The van der Waals surface area contributed by atoms with E-state index < -0.39 is 0 Å². The molecule has 0 aliphatic rings. The number of anilines is 1. The Labute approximate surface area is 126 Å². The Morgan fingerprint density at radius 2 is 1.57 bits per heavy atom. The fourth-order valence-corrected chi connectivity index (χ4v) is 2.35. The van der Waals surface area contributed by atoms with Gasteiger partial charge in [-0.15, -0.1) is 0 Å². The molecule has 0 saturated carbocycles. The number of nitrogens with two attached hydrogens (primary N) is 1. The zero-order valence-electron chi connectivity index (χ0n) is 12.8. The van der Waals surface area contributed by atoms with E-state index in [4.69, 9.17) is 15.2 Å². The highest BCUT2D eigenvalue weighted by Gasteiger charge is 2.05. The number of methoxy groups -OCH3 is 2. The third-order valence-electron chi connectivity index (χ3n) is 3.26. The maximum atomic E-state index is 5.89. The van der Waals surface area contributed by atoms with Gasteiger partial charge in [0.1, 0.15) is 11.5 Å². The van der Waals surface area contributed by atoms with Crippen LogP contribution in [0, 0.1) is 0 Å². The molecule has 0 atom stereocenters. The summed E-state index contributed by atoms with van der Waals surface area (Å²) in [6.07, 6.45) is 0. The van der Waals surface area contributed by atoms with E-state index in [9.17, 15) is 0 Å². The highest BCUT2D eigenvalue weighted by atomic mass is 16.5. The van der Waals surface area contributed by atoms with Gasteiger partial charge in [-0.05, 0) is 42.4 Å². The molecule has 0 saturated heterocycles. The molecule has 2 aromatic carbocycles. The molecule has 0 heterocycles. The number of hydrogen-bond donors (Lipinski definition) is 1. The van der Waals surface area contributed by atoms with Gasteiger partial charge in [-0.2, -0.15) is 0 Å². The number of ether oxygens (including phenoxy) is 2. The Kier molecular flexibility index (Phi) is 5.06. The lowest BCUT2D eigenvalue weighted by Crippen LogP contribution is -2.17. The van der Waals surface area contributed by atoms with Crippen molar-refractivity contribution in [3.8, 4) is 11.5 Å². The van der Waals surface area contributed by atoms with Gasteiger partial charge in [0.05, 0.1) is 14.2 Å². The second-order valence-corrected chi connectivity index (χ2v) is 5.14. The first-order valence-electron chi connectivity index (χ1n) is 6.85. The molecule has 0 fully saturated rings. The molecule has 0 radical (unpaired) electrons. The van der Waals surface area contributed by atoms with Crippen molar-refractivity contribution >= 4 is 5.69 Å². The maximum absolute atomic E-state index is 5.89. The average molecular weight is 286 g/mol. The van der Waals surface area contributed by atoms with Crippen LogP contribution in [0.15, 0.2) is 42.5 Å². The molecule has 0 aliphatic carbocycles. The lowest BCUT2D eigenvalue weighted by Gasteiger charge is -2.18. The predicted octanol–water partition coefficient (Wildman–Crippen LogP) is 2.92. The third-order valence-corrected chi connectivity index (χ3v) is 3.26. The fourth-order valence-electron chi connectivity index (χ4n) is 2.35. The molecular formula is C17H22N2O2. The van der Waals surface area contributed by atoms with Crippen molar-refractivity contribution in [3.63, 3.8) is 0 Å². The van der Waals surface area contributed by atoms with Crippen LogP contribution in [0.3, 0.4) is 0 Å². The highest BCUT2D eigenvalue weighted by Crippen LogP contribution is 2.20. The molecule has 4 heteroatoms. The average Bonchev–Trinajstić information content (AvgIpc) is 2.46. The normalized spacial score (nSPS) is 10.7. The third kappa shape index (κ3) is 4.39.